The SMILES string of the molecule is CCC1(C)CN(CC(F)(F)F)C(Cc2ccccc2)CN1. The first-order valence-corrected chi connectivity index (χ1v) is 7.41. The Balaban J connectivity index is 2.10. The lowest BCUT2D eigenvalue weighted by Crippen LogP contribution is -2.64. The molecule has 1 fully saturated rings. The standard InChI is InChI=1S/C16H23F3N2/c1-3-15(2)11-21(12-16(17,18)19)14(10-20-15)9-13-7-5-4-6-8-13/h4-8,14,20H,3,9-12H2,1-2H3. The highest BCUT2D eigenvalue weighted by atomic mass is 19.4. The van der Waals surface area contributed by atoms with Crippen molar-refractivity contribution in [2.45, 2.75) is 44.4 Å². The number of hydrogen-bond donors (Lipinski definition) is 1. The van der Waals surface area contributed by atoms with E-state index in [0.717, 1.165) is 12.0 Å². The summed E-state index contributed by atoms with van der Waals surface area (Å²) < 4.78 is 38.5. The summed E-state index contributed by atoms with van der Waals surface area (Å²) in [5.41, 5.74) is 0.843. The van der Waals surface area contributed by atoms with Crippen LogP contribution >= 0.6 is 0 Å². The Hall–Kier alpha value is -1.07. The fourth-order valence-corrected chi connectivity index (χ4v) is 2.87. The molecule has 0 saturated carbocycles. The van der Waals surface area contributed by atoms with Gasteiger partial charge in [-0.3, -0.25) is 4.90 Å². The smallest absolute Gasteiger partial charge is 0.309 e. The van der Waals surface area contributed by atoms with Gasteiger partial charge in [-0.05, 0) is 25.3 Å². The summed E-state index contributed by atoms with van der Waals surface area (Å²) in [6, 6.07) is 9.60. The van der Waals surface area contributed by atoms with Crippen molar-refractivity contribution < 1.29 is 13.2 Å². The van der Waals surface area contributed by atoms with Crippen LogP contribution in [0.3, 0.4) is 0 Å². The van der Waals surface area contributed by atoms with Crippen molar-refractivity contribution in [2.24, 2.45) is 0 Å². The first kappa shape index (κ1) is 16.3. The molecule has 1 N–H and O–H groups in total. The summed E-state index contributed by atoms with van der Waals surface area (Å²) >= 11 is 0. The summed E-state index contributed by atoms with van der Waals surface area (Å²) in [7, 11) is 0. The lowest BCUT2D eigenvalue weighted by Gasteiger charge is -2.46. The van der Waals surface area contributed by atoms with Crippen LogP contribution in [0.5, 0.6) is 0 Å². The third-order valence-corrected chi connectivity index (χ3v) is 4.31. The van der Waals surface area contributed by atoms with Gasteiger partial charge in [0.25, 0.3) is 0 Å². The van der Waals surface area contributed by atoms with Gasteiger partial charge < -0.3 is 5.32 Å². The highest BCUT2D eigenvalue weighted by Crippen LogP contribution is 2.25. The minimum absolute atomic E-state index is 0.117. The molecule has 0 radical (unpaired) electrons. The quantitative estimate of drug-likeness (QED) is 0.918. The molecule has 1 heterocycles. The summed E-state index contributed by atoms with van der Waals surface area (Å²) in [5, 5.41) is 3.42. The van der Waals surface area contributed by atoms with Crippen LogP contribution in [0.25, 0.3) is 0 Å². The molecule has 0 bridgehead atoms. The largest absolute Gasteiger partial charge is 0.401 e. The molecule has 0 aromatic heterocycles. The van der Waals surface area contributed by atoms with Crippen molar-refractivity contribution in [1.29, 1.82) is 0 Å². The molecule has 2 atom stereocenters. The van der Waals surface area contributed by atoms with Crippen molar-refractivity contribution >= 4 is 0 Å². The average Bonchev–Trinajstić information content (AvgIpc) is 2.42. The molecule has 21 heavy (non-hydrogen) atoms. The minimum atomic E-state index is -4.15. The van der Waals surface area contributed by atoms with Gasteiger partial charge in [0.15, 0.2) is 0 Å². The van der Waals surface area contributed by atoms with E-state index in [-0.39, 0.29) is 11.6 Å². The number of rotatable bonds is 4. The van der Waals surface area contributed by atoms with Crippen molar-refractivity contribution in [3.63, 3.8) is 0 Å². The molecule has 1 aromatic carbocycles. The van der Waals surface area contributed by atoms with E-state index in [9.17, 15) is 13.2 Å². The molecule has 0 amide bonds. The number of benzene rings is 1. The summed E-state index contributed by atoms with van der Waals surface area (Å²) in [4.78, 5) is 1.59. The van der Waals surface area contributed by atoms with Crippen LogP contribution in [0.4, 0.5) is 13.2 Å². The summed E-state index contributed by atoms with van der Waals surface area (Å²) in [5.74, 6) is 0. The highest BCUT2D eigenvalue weighted by molar-refractivity contribution is 5.16. The monoisotopic (exact) mass is 300 g/mol. The normalized spacial score (nSPS) is 27.8. The number of nitrogens with one attached hydrogen (secondary N) is 1. The number of hydrogen-bond acceptors (Lipinski definition) is 2. The number of alkyl halides is 3. The molecule has 1 aromatic rings. The van der Waals surface area contributed by atoms with Crippen LogP contribution < -0.4 is 5.32 Å². The van der Waals surface area contributed by atoms with Crippen LogP contribution in [0.1, 0.15) is 25.8 Å². The maximum atomic E-state index is 12.8. The molecule has 1 aliphatic rings. The third kappa shape index (κ3) is 4.71. The van der Waals surface area contributed by atoms with Crippen LogP contribution in [-0.4, -0.2) is 42.3 Å². The number of halogens is 3. The molecular formula is C16H23F3N2. The van der Waals surface area contributed by atoms with E-state index in [2.05, 4.69) is 5.32 Å². The van der Waals surface area contributed by atoms with E-state index < -0.39 is 12.7 Å². The van der Waals surface area contributed by atoms with E-state index in [1.165, 1.54) is 0 Å². The Morgan fingerprint density at radius 2 is 1.95 bits per heavy atom. The first-order chi connectivity index (χ1) is 9.81. The summed E-state index contributed by atoms with van der Waals surface area (Å²) in [6.45, 7) is 4.20. The van der Waals surface area contributed by atoms with Gasteiger partial charge in [-0.1, -0.05) is 37.3 Å². The van der Waals surface area contributed by atoms with Crippen LogP contribution in [0, 0.1) is 0 Å². The van der Waals surface area contributed by atoms with Gasteiger partial charge >= 0.3 is 6.18 Å². The Kier molecular flexibility index (Phi) is 4.94. The van der Waals surface area contributed by atoms with E-state index in [0.29, 0.717) is 19.5 Å². The molecular weight excluding hydrogens is 277 g/mol. The molecule has 0 spiro atoms. The van der Waals surface area contributed by atoms with Crippen LogP contribution in [0.15, 0.2) is 30.3 Å². The lowest BCUT2D eigenvalue weighted by atomic mass is 9.91. The Labute approximate surface area is 124 Å². The zero-order valence-corrected chi connectivity index (χ0v) is 12.6. The van der Waals surface area contributed by atoms with Gasteiger partial charge in [0, 0.05) is 24.7 Å². The van der Waals surface area contributed by atoms with Gasteiger partial charge in [-0.2, -0.15) is 13.2 Å². The zero-order chi connectivity index (χ0) is 15.5. The minimum Gasteiger partial charge on any atom is -0.309 e. The molecule has 2 rings (SSSR count). The second-order valence-corrected chi connectivity index (χ2v) is 6.16. The fraction of sp³-hybridized carbons (Fsp3) is 0.625. The predicted molar refractivity (Wildman–Crippen MR) is 78.3 cm³/mol. The number of piperazine rings is 1. The van der Waals surface area contributed by atoms with E-state index in [1.54, 1.807) is 4.90 Å². The molecule has 2 unspecified atom stereocenters. The van der Waals surface area contributed by atoms with E-state index in [4.69, 9.17) is 0 Å². The Morgan fingerprint density at radius 3 is 2.52 bits per heavy atom. The molecule has 1 saturated heterocycles. The van der Waals surface area contributed by atoms with Gasteiger partial charge in [-0.25, -0.2) is 0 Å². The fourth-order valence-electron chi connectivity index (χ4n) is 2.87. The second-order valence-electron chi connectivity index (χ2n) is 6.16. The van der Waals surface area contributed by atoms with Gasteiger partial charge in [0.2, 0.25) is 0 Å². The molecule has 118 valence electrons. The molecule has 2 nitrogen and oxygen atoms in total. The van der Waals surface area contributed by atoms with E-state index in [1.807, 2.05) is 44.2 Å². The molecule has 0 aliphatic carbocycles. The van der Waals surface area contributed by atoms with Crippen molar-refractivity contribution in [2.75, 3.05) is 19.6 Å². The average molecular weight is 300 g/mol. The van der Waals surface area contributed by atoms with Gasteiger partial charge in [0.05, 0.1) is 6.54 Å². The second kappa shape index (κ2) is 6.36. The van der Waals surface area contributed by atoms with Crippen LogP contribution in [-0.2, 0) is 6.42 Å². The van der Waals surface area contributed by atoms with Crippen molar-refractivity contribution in [1.82, 2.24) is 10.2 Å². The first-order valence-electron chi connectivity index (χ1n) is 7.41. The lowest BCUT2D eigenvalue weighted by molar-refractivity contribution is -0.156. The number of nitrogens with zero attached hydrogens (tertiary/aromatic N) is 1. The van der Waals surface area contributed by atoms with Crippen molar-refractivity contribution in [3.05, 3.63) is 35.9 Å². The van der Waals surface area contributed by atoms with Crippen molar-refractivity contribution in [3.8, 4) is 0 Å². The molecule has 5 heteroatoms. The van der Waals surface area contributed by atoms with Gasteiger partial charge in [0.1, 0.15) is 0 Å². The van der Waals surface area contributed by atoms with Crippen LogP contribution in [0.2, 0.25) is 0 Å². The van der Waals surface area contributed by atoms with Gasteiger partial charge in [-0.15, -0.1) is 0 Å². The maximum absolute atomic E-state index is 12.8. The maximum Gasteiger partial charge on any atom is 0.401 e. The van der Waals surface area contributed by atoms with E-state index >= 15 is 0 Å². The highest BCUT2D eigenvalue weighted by Gasteiger charge is 2.40. The topological polar surface area (TPSA) is 15.3 Å². The predicted octanol–water partition coefficient (Wildman–Crippen LogP) is 3.23. The zero-order valence-electron chi connectivity index (χ0n) is 12.6. The Bertz CT molecular complexity index is 447. The Morgan fingerprint density at radius 1 is 1.29 bits per heavy atom. The summed E-state index contributed by atoms with van der Waals surface area (Å²) in [6.07, 6.45) is -2.69. The third-order valence-electron chi connectivity index (χ3n) is 4.31. The molecule has 1 aliphatic heterocycles.